The highest BCUT2D eigenvalue weighted by Crippen LogP contribution is 2.26. The fourth-order valence-corrected chi connectivity index (χ4v) is 4.41. The van der Waals surface area contributed by atoms with Crippen LogP contribution in [0.4, 0.5) is 0 Å². The monoisotopic (exact) mass is 373 g/mol. The summed E-state index contributed by atoms with van der Waals surface area (Å²) in [5, 5.41) is 15.3. The summed E-state index contributed by atoms with van der Waals surface area (Å²) in [6, 6.07) is 15.8. The van der Waals surface area contributed by atoms with Crippen LogP contribution in [0.25, 0.3) is 0 Å². The first kappa shape index (κ1) is 16.8. The molecule has 0 spiro atoms. The molecule has 25 heavy (non-hydrogen) atoms. The van der Waals surface area contributed by atoms with Crippen molar-refractivity contribution in [1.29, 1.82) is 0 Å². The topological polar surface area (TPSA) is 41.3 Å². The minimum Gasteiger partial charge on any atom is -0.382 e. The van der Waals surface area contributed by atoms with Crippen LogP contribution in [-0.2, 0) is 19.6 Å². The first-order chi connectivity index (χ1) is 12.2. The van der Waals surface area contributed by atoms with Gasteiger partial charge in [0.05, 0.1) is 15.7 Å². The van der Waals surface area contributed by atoms with Gasteiger partial charge in [0.2, 0.25) is 0 Å². The van der Waals surface area contributed by atoms with Gasteiger partial charge in [0.1, 0.15) is 6.10 Å². The molecular formula is C19H20ClN3OS. The molecule has 1 N–H and O–H groups in total. The Kier molecular flexibility index (Phi) is 4.90. The summed E-state index contributed by atoms with van der Waals surface area (Å²) in [5.74, 6) is 0. The standard InChI is InChI=1S/C19H20ClN3OS/c20-18-8-7-16(25-18)13-22-9-4-10-23-15(12-22)11-17(21-23)19(24)14-5-2-1-3-6-14/h1-3,5-8,11,19,24H,4,9-10,12-13H2. The van der Waals surface area contributed by atoms with Gasteiger partial charge in [0, 0.05) is 31.1 Å². The maximum atomic E-state index is 10.6. The molecule has 2 aromatic heterocycles. The van der Waals surface area contributed by atoms with Crippen LogP contribution < -0.4 is 0 Å². The van der Waals surface area contributed by atoms with Gasteiger partial charge in [-0.15, -0.1) is 11.3 Å². The van der Waals surface area contributed by atoms with E-state index >= 15 is 0 Å². The number of fused-ring (bicyclic) bond motifs is 1. The maximum absolute atomic E-state index is 10.6. The normalized spacial score (nSPS) is 16.4. The molecule has 6 heteroatoms. The molecular weight excluding hydrogens is 354 g/mol. The van der Waals surface area contributed by atoms with E-state index in [9.17, 15) is 5.11 Å². The predicted octanol–water partition coefficient (Wildman–Crippen LogP) is 4.09. The number of thiophene rings is 1. The van der Waals surface area contributed by atoms with E-state index in [1.165, 1.54) is 4.88 Å². The highest BCUT2D eigenvalue weighted by Gasteiger charge is 2.21. The number of hydrogen-bond acceptors (Lipinski definition) is 4. The summed E-state index contributed by atoms with van der Waals surface area (Å²) in [5.41, 5.74) is 2.76. The van der Waals surface area contributed by atoms with Crippen LogP contribution in [0.3, 0.4) is 0 Å². The molecule has 0 bridgehead atoms. The SMILES string of the molecule is OC(c1ccccc1)c1cc2n(n1)CCCN(Cc1ccc(Cl)s1)C2. The van der Waals surface area contributed by atoms with E-state index in [0.29, 0.717) is 0 Å². The van der Waals surface area contributed by atoms with Crippen molar-refractivity contribution in [2.24, 2.45) is 0 Å². The Hall–Kier alpha value is -1.66. The number of halogens is 1. The average molecular weight is 374 g/mol. The van der Waals surface area contributed by atoms with E-state index in [-0.39, 0.29) is 0 Å². The number of aryl methyl sites for hydroxylation is 1. The zero-order valence-electron chi connectivity index (χ0n) is 13.8. The maximum Gasteiger partial charge on any atom is 0.123 e. The van der Waals surface area contributed by atoms with Crippen molar-refractivity contribution < 1.29 is 5.11 Å². The van der Waals surface area contributed by atoms with Crippen molar-refractivity contribution in [1.82, 2.24) is 14.7 Å². The molecule has 4 rings (SSSR count). The summed E-state index contributed by atoms with van der Waals surface area (Å²) < 4.78 is 2.88. The molecule has 0 radical (unpaired) electrons. The van der Waals surface area contributed by atoms with E-state index in [4.69, 9.17) is 11.6 Å². The fourth-order valence-electron chi connectivity index (χ4n) is 3.28. The van der Waals surface area contributed by atoms with Crippen molar-refractivity contribution in [3.8, 4) is 0 Å². The van der Waals surface area contributed by atoms with E-state index in [1.807, 2.05) is 47.1 Å². The minimum atomic E-state index is -0.676. The molecule has 3 heterocycles. The Morgan fingerprint density at radius 2 is 2.00 bits per heavy atom. The Morgan fingerprint density at radius 1 is 1.16 bits per heavy atom. The minimum absolute atomic E-state index is 0.676. The van der Waals surface area contributed by atoms with Crippen LogP contribution >= 0.6 is 22.9 Å². The van der Waals surface area contributed by atoms with Gasteiger partial charge >= 0.3 is 0 Å². The second-order valence-corrected chi connectivity index (χ2v) is 8.17. The van der Waals surface area contributed by atoms with Gasteiger partial charge in [-0.1, -0.05) is 41.9 Å². The third-order valence-corrected chi connectivity index (χ3v) is 5.73. The predicted molar refractivity (Wildman–Crippen MR) is 101 cm³/mol. The molecule has 0 saturated carbocycles. The second kappa shape index (κ2) is 7.30. The molecule has 0 saturated heterocycles. The van der Waals surface area contributed by atoms with Crippen LogP contribution in [0, 0.1) is 0 Å². The molecule has 0 amide bonds. The molecule has 1 atom stereocenters. The molecule has 3 aromatic rings. The number of hydrogen-bond donors (Lipinski definition) is 1. The number of aliphatic hydroxyl groups is 1. The summed E-state index contributed by atoms with van der Waals surface area (Å²) in [6.45, 7) is 3.66. The van der Waals surface area contributed by atoms with Gasteiger partial charge in [-0.25, -0.2) is 0 Å². The lowest BCUT2D eigenvalue weighted by molar-refractivity contribution is 0.213. The molecule has 130 valence electrons. The lowest BCUT2D eigenvalue weighted by Gasteiger charge is -2.18. The van der Waals surface area contributed by atoms with Gasteiger partial charge in [0.25, 0.3) is 0 Å². The van der Waals surface area contributed by atoms with Gasteiger partial charge in [-0.3, -0.25) is 9.58 Å². The van der Waals surface area contributed by atoms with Crippen molar-refractivity contribution in [2.75, 3.05) is 6.54 Å². The van der Waals surface area contributed by atoms with Crippen LogP contribution in [0.15, 0.2) is 48.5 Å². The lowest BCUT2D eigenvalue weighted by Crippen LogP contribution is -2.22. The zero-order valence-corrected chi connectivity index (χ0v) is 15.4. The van der Waals surface area contributed by atoms with Gasteiger partial charge in [-0.2, -0.15) is 5.10 Å². The van der Waals surface area contributed by atoms with E-state index in [1.54, 1.807) is 11.3 Å². The lowest BCUT2D eigenvalue weighted by atomic mass is 10.1. The molecule has 1 aromatic carbocycles. The Bertz CT molecular complexity index is 845. The average Bonchev–Trinajstić information content (AvgIpc) is 3.16. The summed E-state index contributed by atoms with van der Waals surface area (Å²) in [6.07, 6.45) is 0.374. The zero-order chi connectivity index (χ0) is 17.2. The first-order valence-electron chi connectivity index (χ1n) is 8.45. The summed E-state index contributed by atoms with van der Waals surface area (Å²) in [4.78, 5) is 3.70. The van der Waals surface area contributed by atoms with Crippen LogP contribution in [0.1, 0.15) is 34.4 Å². The third-order valence-electron chi connectivity index (χ3n) is 4.52. The Balaban J connectivity index is 1.52. The number of aliphatic hydroxyl groups excluding tert-OH is 1. The quantitative estimate of drug-likeness (QED) is 0.749. The molecule has 1 aliphatic heterocycles. The van der Waals surface area contributed by atoms with Gasteiger partial charge < -0.3 is 5.11 Å². The molecule has 0 fully saturated rings. The van der Waals surface area contributed by atoms with E-state index < -0.39 is 6.10 Å². The van der Waals surface area contributed by atoms with Crippen molar-refractivity contribution >= 4 is 22.9 Å². The molecule has 4 nitrogen and oxygen atoms in total. The van der Waals surface area contributed by atoms with Gasteiger partial charge in [0.15, 0.2) is 0 Å². The van der Waals surface area contributed by atoms with Crippen molar-refractivity contribution in [3.05, 3.63) is 74.7 Å². The number of benzene rings is 1. The highest BCUT2D eigenvalue weighted by atomic mass is 35.5. The van der Waals surface area contributed by atoms with Gasteiger partial charge in [-0.05, 0) is 30.2 Å². The highest BCUT2D eigenvalue weighted by molar-refractivity contribution is 7.16. The Labute approximate surface area is 156 Å². The number of rotatable bonds is 4. The van der Waals surface area contributed by atoms with Crippen LogP contribution in [-0.4, -0.2) is 26.3 Å². The van der Waals surface area contributed by atoms with Crippen LogP contribution in [0.5, 0.6) is 0 Å². The third kappa shape index (κ3) is 3.80. The largest absolute Gasteiger partial charge is 0.382 e. The van der Waals surface area contributed by atoms with Crippen molar-refractivity contribution in [3.63, 3.8) is 0 Å². The van der Waals surface area contributed by atoms with E-state index in [2.05, 4.69) is 16.1 Å². The second-order valence-electron chi connectivity index (χ2n) is 6.37. The number of nitrogens with zero attached hydrogens (tertiary/aromatic N) is 3. The number of aromatic nitrogens is 2. The van der Waals surface area contributed by atoms with Crippen molar-refractivity contribution in [2.45, 2.75) is 32.2 Å². The van der Waals surface area contributed by atoms with Crippen LogP contribution in [0.2, 0.25) is 4.34 Å². The molecule has 1 unspecified atom stereocenters. The summed E-state index contributed by atoms with van der Waals surface area (Å²) >= 11 is 7.68. The summed E-state index contributed by atoms with van der Waals surface area (Å²) in [7, 11) is 0. The molecule has 0 aliphatic carbocycles. The fraction of sp³-hybridized carbons (Fsp3) is 0.316. The van der Waals surface area contributed by atoms with E-state index in [0.717, 1.165) is 53.9 Å². The first-order valence-corrected chi connectivity index (χ1v) is 9.65. The smallest absolute Gasteiger partial charge is 0.123 e. The Morgan fingerprint density at radius 3 is 2.76 bits per heavy atom. The molecule has 1 aliphatic rings.